The summed E-state index contributed by atoms with van der Waals surface area (Å²) in [6.07, 6.45) is -3.86. The van der Waals surface area contributed by atoms with E-state index in [4.69, 9.17) is 0 Å². The van der Waals surface area contributed by atoms with Gasteiger partial charge in [0.1, 0.15) is 16.9 Å². The molecule has 0 aliphatic rings. The fourth-order valence-corrected chi connectivity index (χ4v) is 3.12. The van der Waals surface area contributed by atoms with Gasteiger partial charge in [-0.2, -0.15) is 18.3 Å². The van der Waals surface area contributed by atoms with Gasteiger partial charge in [-0.25, -0.2) is 9.67 Å². The lowest BCUT2D eigenvalue weighted by Crippen LogP contribution is -2.16. The van der Waals surface area contributed by atoms with Crippen LogP contribution in [-0.4, -0.2) is 24.9 Å². The molecule has 150 valence electrons. The van der Waals surface area contributed by atoms with E-state index in [1.807, 2.05) is 13.8 Å². The van der Waals surface area contributed by atoms with E-state index >= 15 is 0 Å². The maximum Gasteiger partial charge on any atom is 0.416 e. The molecule has 0 fully saturated rings. The summed E-state index contributed by atoms with van der Waals surface area (Å²) in [6, 6.07) is 4.29. The number of rotatable bonds is 5. The van der Waals surface area contributed by atoms with Crippen LogP contribution in [0.4, 0.5) is 13.2 Å². The predicted molar refractivity (Wildman–Crippen MR) is 97.9 cm³/mol. The molecule has 6 nitrogen and oxygen atoms in total. The molecule has 0 saturated heterocycles. The first kappa shape index (κ1) is 20.1. The SMILES string of the molecule is CC(C)Cc1nc2c(c(CO)nn2[C@@H](C)c2ccc(C(F)(F)F)cc2)c(=O)[nH]1. The number of hydrogen-bond donors (Lipinski definition) is 2. The van der Waals surface area contributed by atoms with Gasteiger partial charge in [0.25, 0.3) is 5.56 Å². The number of aromatic amines is 1. The van der Waals surface area contributed by atoms with Crippen LogP contribution in [0.15, 0.2) is 29.1 Å². The van der Waals surface area contributed by atoms with Crippen LogP contribution in [0.25, 0.3) is 11.0 Å². The lowest BCUT2D eigenvalue weighted by atomic mass is 10.1. The summed E-state index contributed by atoms with van der Waals surface area (Å²) in [4.78, 5) is 19.7. The topological polar surface area (TPSA) is 83.8 Å². The van der Waals surface area contributed by atoms with Crippen molar-refractivity contribution in [3.8, 4) is 0 Å². The molecule has 2 aromatic heterocycles. The van der Waals surface area contributed by atoms with Crippen molar-refractivity contribution in [2.24, 2.45) is 5.92 Å². The number of aromatic nitrogens is 4. The third kappa shape index (κ3) is 3.80. The van der Waals surface area contributed by atoms with Gasteiger partial charge in [-0.15, -0.1) is 0 Å². The van der Waals surface area contributed by atoms with Crippen molar-refractivity contribution >= 4 is 11.0 Å². The Morgan fingerprint density at radius 2 is 1.82 bits per heavy atom. The van der Waals surface area contributed by atoms with Crippen molar-refractivity contribution in [1.82, 2.24) is 19.7 Å². The number of H-pyrrole nitrogens is 1. The van der Waals surface area contributed by atoms with Crippen molar-refractivity contribution in [2.45, 2.75) is 46.0 Å². The van der Waals surface area contributed by atoms with Crippen molar-refractivity contribution in [3.63, 3.8) is 0 Å². The first-order valence-electron chi connectivity index (χ1n) is 8.90. The van der Waals surface area contributed by atoms with E-state index in [-0.39, 0.29) is 17.0 Å². The van der Waals surface area contributed by atoms with Gasteiger partial charge in [-0.05, 0) is 30.5 Å². The summed E-state index contributed by atoms with van der Waals surface area (Å²) in [5, 5.41) is 14.1. The Kier molecular flexibility index (Phi) is 5.29. The van der Waals surface area contributed by atoms with Gasteiger partial charge in [-0.3, -0.25) is 4.79 Å². The Morgan fingerprint density at radius 1 is 1.18 bits per heavy atom. The van der Waals surface area contributed by atoms with Crippen molar-refractivity contribution in [2.75, 3.05) is 0 Å². The average molecular weight is 394 g/mol. The molecule has 28 heavy (non-hydrogen) atoms. The number of nitrogens with zero attached hydrogens (tertiary/aromatic N) is 3. The summed E-state index contributed by atoms with van der Waals surface area (Å²) in [5.74, 6) is 0.763. The molecular weight excluding hydrogens is 373 g/mol. The fourth-order valence-electron chi connectivity index (χ4n) is 3.12. The number of benzene rings is 1. The number of fused-ring (bicyclic) bond motifs is 1. The van der Waals surface area contributed by atoms with Gasteiger partial charge in [0.15, 0.2) is 5.65 Å². The van der Waals surface area contributed by atoms with Gasteiger partial charge in [0, 0.05) is 6.42 Å². The van der Waals surface area contributed by atoms with Crippen molar-refractivity contribution < 1.29 is 18.3 Å². The molecule has 0 amide bonds. The second kappa shape index (κ2) is 7.38. The third-order valence-electron chi connectivity index (χ3n) is 4.52. The molecule has 3 aromatic rings. The highest BCUT2D eigenvalue weighted by atomic mass is 19.4. The minimum absolute atomic E-state index is 0.179. The van der Waals surface area contributed by atoms with Crippen LogP contribution < -0.4 is 5.56 Å². The third-order valence-corrected chi connectivity index (χ3v) is 4.52. The average Bonchev–Trinajstić information content (AvgIpc) is 2.99. The lowest BCUT2D eigenvalue weighted by Gasteiger charge is -2.15. The zero-order valence-corrected chi connectivity index (χ0v) is 15.7. The first-order chi connectivity index (χ1) is 13.1. The summed E-state index contributed by atoms with van der Waals surface area (Å²) in [5.41, 5.74) is -0.0713. The molecule has 1 atom stereocenters. The summed E-state index contributed by atoms with van der Waals surface area (Å²) in [7, 11) is 0. The highest BCUT2D eigenvalue weighted by molar-refractivity contribution is 5.77. The Morgan fingerprint density at radius 3 is 2.36 bits per heavy atom. The van der Waals surface area contributed by atoms with E-state index in [9.17, 15) is 23.1 Å². The maximum atomic E-state index is 12.8. The largest absolute Gasteiger partial charge is 0.416 e. The Balaban J connectivity index is 2.10. The number of halogens is 3. The maximum absolute atomic E-state index is 12.8. The van der Waals surface area contributed by atoms with Crippen molar-refractivity contribution in [1.29, 1.82) is 0 Å². The number of alkyl halides is 3. The molecule has 9 heteroatoms. The summed E-state index contributed by atoms with van der Waals surface area (Å²) >= 11 is 0. The summed E-state index contributed by atoms with van der Waals surface area (Å²) < 4.78 is 39.9. The van der Waals surface area contributed by atoms with Crippen LogP contribution in [0.3, 0.4) is 0 Å². The van der Waals surface area contributed by atoms with E-state index in [0.29, 0.717) is 23.5 Å². The number of nitrogens with one attached hydrogen (secondary N) is 1. The molecule has 0 aliphatic carbocycles. The molecule has 1 aromatic carbocycles. The molecule has 0 radical (unpaired) electrons. The van der Waals surface area contributed by atoms with Crippen molar-refractivity contribution in [3.05, 3.63) is 57.3 Å². The zero-order valence-electron chi connectivity index (χ0n) is 15.7. The standard InChI is InChI=1S/C19H21F3N4O2/c1-10(2)8-15-23-17-16(18(28)24-15)14(9-27)25-26(17)11(3)12-4-6-13(7-5-12)19(20,21)22/h4-7,10-11,27H,8-9H2,1-3H3,(H,23,24,28)/t11-/m0/s1. The second-order valence-electron chi connectivity index (χ2n) is 7.15. The zero-order chi connectivity index (χ0) is 20.6. The molecule has 3 rings (SSSR count). The lowest BCUT2D eigenvalue weighted by molar-refractivity contribution is -0.137. The van der Waals surface area contributed by atoms with Crippen LogP contribution in [0.5, 0.6) is 0 Å². The molecule has 0 bridgehead atoms. The van der Waals surface area contributed by atoms with Gasteiger partial charge >= 0.3 is 6.18 Å². The second-order valence-corrected chi connectivity index (χ2v) is 7.15. The minimum Gasteiger partial charge on any atom is -0.390 e. The molecular formula is C19H21F3N4O2. The van der Waals surface area contributed by atoms with Gasteiger partial charge in [0.05, 0.1) is 18.2 Å². The highest BCUT2D eigenvalue weighted by Crippen LogP contribution is 2.31. The van der Waals surface area contributed by atoms with E-state index in [2.05, 4.69) is 15.1 Å². The van der Waals surface area contributed by atoms with Gasteiger partial charge in [0.2, 0.25) is 0 Å². The highest BCUT2D eigenvalue weighted by Gasteiger charge is 2.30. The number of hydrogen-bond acceptors (Lipinski definition) is 4. The smallest absolute Gasteiger partial charge is 0.390 e. The molecule has 0 aliphatic heterocycles. The molecule has 2 N–H and O–H groups in total. The molecule has 0 unspecified atom stereocenters. The first-order valence-corrected chi connectivity index (χ1v) is 8.90. The summed E-state index contributed by atoms with van der Waals surface area (Å²) in [6.45, 7) is 5.29. The van der Waals surface area contributed by atoms with E-state index < -0.39 is 29.9 Å². The monoisotopic (exact) mass is 394 g/mol. The van der Waals surface area contributed by atoms with E-state index in [0.717, 1.165) is 12.1 Å². The number of aliphatic hydroxyl groups is 1. The predicted octanol–water partition coefficient (Wildman–Crippen LogP) is 3.44. The van der Waals surface area contributed by atoms with Gasteiger partial charge in [-0.1, -0.05) is 26.0 Å². The number of aliphatic hydroxyl groups excluding tert-OH is 1. The minimum atomic E-state index is -4.41. The van der Waals surface area contributed by atoms with Crippen LogP contribution >= 0.6 is 0 Å². The molecule has 0 spiro atoms. The molecule has 2 heterocycles. The Labute approximate surface area is 159 Å². The van der Waals surface area contributed by atoms with E-state index in [1.54, 1.807) is 6.92 Å². The van der Waals surface area contributed by atoms with Crippen LogP contribution in [0.2, 0.25) is 0 Å². The van der Waals surface area contributed by atoms with Gasteiger partial charge < -0.3 is 10.1 Å². The normalized spacial score (nSPS) is 13.4. The van der Waals surface area contributed by atoms with E-state index in [1.165, 1.54) is 16.8 Å². The van der Waals surface area contributed by atoms with Crippen LogP contribution in [-0.2, 0) is 19.2 Å². The quantitative estimate of drug-likeness (QED) is 0.694. The Hall–Kier alpha value is -2.68. The van der Waals surface area contributed by atoms with Crippen LogP contribution in [0.1, 0.15) is 49.5 Å². The Bertz CT molecular complexity index is 1040. The molecule has 0 saturated carbocycles. The van der Waals surface area contributed by atoms with Crippen LogP contribution in [0, 0.1) is 5.92 Å². The fraction of sp³-hybridized carbons (Fsp3) is 0.421.